The van der Waals surface area contributed by atoms with Crippen LogP contribution in [0, 0.1) is 0 Å². The Balaban J connectivity index is 1.68. The molecule has 0 saturated heterocycles. The normalized spacial score (nSPS) is 11.0. The van der Waals surface area contributed by atoms with Crippen molar-refractivity contribution in [1.29, 1.82) is 0 Å². The molecule has 1 amide bonds. The zero-order valence-electron chi connectivity index (χ0n) is 16.5. The first-order valence-electron chi connectivity index (χ1n) is 9.62. The Morgan fingerprint density at radius 2 is 1.87 bits per heavy atom. The van der Waals surface area contributed by atoms with E-state index in [4.69, 9.17) is 9.47 Å². The van der Waals surface area contributed by atoms with Crippen molar-refractivity contribution in [3.8, 4) is 11.5 Å². The Morgan fingerprint density at radius 3 is 2.67 bits per heavy atom. The summed E-state index contributed by atoms with van der Waals surface area (Å²) in [6, 6.07) is 17.4. The quantitative estimate of drug-likeness (QED) is 0.206. The third-order valence-corrected chi connectivity index (χ3v) is 5.43. The minimum absolute atomic E-state index is 0.146. The second-order valence-corrected chi connectivity index (χ2v) is 8.33. The van der Waals surface area contributed by atoms with Crippen molar-refractivity contribution in [1.82, 2.24) is 5.43 Å². The molecule has 0 heterocycles. The van der Waals surface area contributed by atoms with E-state index < -0.39 is 0 Å². The number of halogens is 2. The van der Waals surface area contributed by atoms with Crippen LogP contribution in [0.15, 0.2) is 68.6 Å². The average molecular weight is 534 g/mol. The molecule has 1 N–H and O–H groups in total. The van der Waals surface area contributed by atoms with Gasteiger partial charge < -0.3 is 9.47 Å². The Labute approximate surface area is 192 Å². The van der Waals surface area contributed by atoms with E-state index in [2.05, 4.69) is 49.3 Å². The molecular formula is C23H22Br2N2O3. The van der Waals surface area contributed by atoms with Crippen molar-refractivity contribution in [3.05, 3.63) is 69.1 Å². The van der Waals surface area contributed by atoms with Gasteiger partial charge in [-0.05, 0) is 57.4 Å². The highest BCUT2D eigenvalue weighted by atomic mass is 79.9. The maximum absolute atomic E-state index is 12.1. The van der Waals surface area contributed by atoms with Crippen molar-refractivity contribution in [2.45, 2.75) is 19.8 Å². The van der Waals surface area contributed by atoms with Gasteiger partial charge in [0.15, 0.2) is 6.61 Å². The maximum Gasteiger partial charge on any atom is 0.277 e. The van der Waals surface area contributed by atoms with Gasteiger partial charge >= 0.3 is 0 Å². The predicted octanol–water partition coefficient (Wildman–Crippen LogP) is 6.07. The molecule has 0 aromatic heterocycles. The maximum atomic E-state index is 12.1. The highest BCUT2D eigenvalue weighted by molar-refractivity contribution is 9.11. The van der Waals surface area contributed by atoms with E-state index in [1.54, 1.807) is 12.3 Å². The van der Waals surface area contributed by atoms with E-state index in [-0.39, 0.29) is 12.5 Å². The van der Waals surface area contributed by atoms with Gasteiger partial charge in [0.1, 0.15) is 11.5 Å². The van der Waals surface area contributed by atoms with E-state index in [0.29, 0.717) is 12.4 Å². The highest BCUT2D eigenvalue weighted by Crippen LogP contribution is 2.28. The molecule has 0 atom stereocenters. The number of carbonyl (C=O) groups excluding carboxylic acids is 1. The molecule has 3 rings (SSSR count). The summed E-state index contributed by atoms with van der Waals surface area (Å²) in [5.74, 6) is 0.975. The van der Waals surface area contributed by atoms with Gasteiger partial charge in [0.05, 0.1) is 17.3 Å². The number of amides is 1. The van der Waals surface area contributed by atoms with E-state index in [1.807, 2.05) is 48.5 Å². The first-order valence-corrected chi connectivity index (χ1v) is 11.2. The number of fused-ring (bicyclic) bond motifs is 1. The summed E-state index contributed by atoms with van der Waals surface area (Å²) < 4.78 is 13.2. The third-order valence-electron chi connectivity index (χ3n) is 4.32. The number of benzene rings is 3. The number of ether oxygens (including phenoxy) is 2. The van der Waals surface area contributed by atoms with Crippen LogP contribution in [0.3, 0.4) is 0 Å². The van der Waals surface area contributed by atoms with Crippen LogP contribution in [-0.4, -0.2) is 25.3 Å². The number of hydrogen-bond acceptors (Lipinski definition) is 4. The van der Waals surface area contributed by atoms with Gasteiger partial charge in [-0.3, -0.25) is 4.79 Å². The van der Waals surface area contributed by atoms with Gasteiger partial charge in [-0.1, -0.05) is 59.6 Å². The molecule has 0 spiro atoms. The molecule has 0 aliphatic heterocycles. The summed E-state index contributed by atoms with van der Waals surface area (Å²) in [4.78, 5) is 12.1. The van der Waals surface area contributed by atoms with Gasteiger partial charge in [-0.2, -0.15) is 5.10 Å². The summed E-state index contributed by atoms with van der Waals surface area (Å²) in [6.45, 7) is 2.61. The highest BCUT2D eigenvalue weighted by Gasteiger charge is 2.08. The van der Waals surface area contributed by atoms with Crippen molar-refractivity contribution < 1.29 is 14.3 Å². The fourth-order valence-electron chi connectivity index (χ4n) is 2.80. The number of hydrogen-bond donors (Lipinski definition) is 1. The van der Waals surface area contributed by atoms with E-state index in [1.165, 1.54) is 0 Å². The Bertz CT molecular complexity index is 1050. The van der Waals surface area contributed by atoms with Crippen LogP contribution < -0.4 is 14.9 Å². The van der Waals surface area contributed by atoms with E-state index >= 15 is 0 Å². The number of rotatable bonds is 9. The molecule has 3 aromatic carbocycles. The van der Waals surface area contributed by atoms with Gasteiger partial charge in [0.25, 0.3) is 5.91 Å². The molecule has 0 radical (unpaired) electrons. The Morgan fingerprint density at radius 1 is 1.07 bits per heavy atom. The first kappa shape index (κ1) is 22.3. The van der Waals surface area contributed by atoms with E-state index in [0.717, 1.165) is 43.9 Å². The molecule has 0 fully saturated rings. The average Bonchev–Trinajstić information content (AvgIpc) is 2.74. The molecule has 156 valence electrons. The summed E-state index contributed by atoms with van der Waals surface area (Å²) in [6.07, 6.45) is 3.65. The van der Waals surface area contributed by atoms with Crippen molar-refractivity contribution >= 4 is 54.8 Å². The summed E-state index contributed by atoms with van der Waals surface area (Å²) in [5.41, 5.74) is 3.35. The van der Waals surface area contributed by atoms with Gasteiger partial charge in [-0.25, -0.2) is 5.43 Å². The summed E-state index contributed by atoms with van der Waals surface area (Å²) >= 11 is 6.79. The second kappa shape index (κ2) is 11.1. The number of nitrogens with zero attached hydrogens (tertiary/aromatic N) is 1. The lowest BCUT2D eigenvalue weighted by Crippen LogP contribution is -2.24. The minimum Gasteiger partial charge on any atom is -0.493 e. The lowest BCUT2D eigenvalue weighted by molar-refractivity contribution is -0.123. The first-order chi connectivity index (χ1) is 14.6. The number of carbonyl (C=O) groups is 1. The Kier molecular flexibility index (Phi) is 8.28. The minimum atomic E-state index is -0.352. The molecule has 0 saturated carbocycles. The van der Waals surface area contributed by atoms with Crippen LogP contribution in [0.1, 0.15) is 25.3 Å². The number of unbranched alkanes of at least 4 members (excludes halogenated alkanes) is 1. The van der Waals surface area contributed by atoms with Crippen molar-refractivity contribution in [2.24, 2.45) is 5.10 Å². The molecule has 0 unspecified atom stereocenters. The monoisotopic (exact) mass is 532 g/mol. The molecule has 0 aliphatic carbocycles. The summed E-state index contributed by atoms with van der Waals surface area (Å²) in [7, 11) is 0. The molecule has 30 heavy (non-hydrogen) atoms. The van der Waals surface area contributed by atoms with Crippen LogP contribution in [-0.2, 0) is 4.79 Å². The topological polar surface area (TPSA) is 59.9 Å². The summed E-state index contributed by atoms with van der Waals surface area (Å²) in [5, 5.41) is 6.22. The lowest BCUT2D eigenvalue weighted by atomic mass is 10.0. The second-order valence-electron chi connectivity index (χ2n) is 6.56. The van der Waals surface area contributed by atoms with Crippen LogP contribution in [0.5, 0.6) is 11.5 Å². The zero-order chi connectivity index (χ0) is 21.3. The van der Waals surface area contributed by atoms with Gasteiger partial charge in [-0.15, -0.1) is 0 Å². The van der Waals surface area contributed by atoms with Gasteiger partial charge in [0.2, 0.25) is 0 Å². The Hall–Kier alpha value is -2.38. The zero-order valence-corrected chi connectivity index (χ0v) is 19.7. The lowest BCUT2D eigenvalue weighted by Gasteiger charge is -2.11. The van der Waals surface area contributed by atoms with E-state index in [9.17, 15) is 4.79 Å². The van der Waals surface area contributed by atoms with Crippen LogP contribution >= 0.6 is 31.9 Å². The van der Waals surface area contributed by atoms with Crippen molar-refractivity contribution in [2.75, 3.05) is 13.2 Å². The largest absolute Gasteiger partial charge is 0.493 e. The van der Waals surface area contributed by atoms with Crippen LogP contribution in [0.2, 0.25) is 0 Å². The fraction of sp³-hybridized carbons (Fsp3) is 0.217. The molecule has 7 heteroatoms. The standard InChI is InChI=1S/C23H22Br2N2O3/c1-2-3-12-29-21-10-8-16-6-4-5-7-18(16)19(21)14-26-27-23(28)15-30-22-11-9-17(24)13-20(22)25/h4-11,13-14H,2-3,12,15H2,1H3,(H,27,28)/b26-14+. The van der Waals surface area contributed by atoms with Crippen LogP contribution in [0.25, 0.3) is 10.8 Å². The molecular weight excluding hydrogens is 512 g/mol. The predicted molar refractivity (Wildman–Crippen MR) is 127 cm³/mol. The van der Waals surface area contributed by atoms with Gasteiger partial charge in [0, 0.05) is 10.0 Å². The third kappa shape index (κ3) is 6.06. The smallest absolute Gasteiger partial charge is 0.277 e. The SMILES string of the molecule is CCCCOc1ccc2ccccc2c1/C=N/NC(=O)COc1ccc(Br)cc1Br. The fourth-order valence-corrected chi connectivity index (χ4v) is 3.96. The molecule has 3 aromatic rings. The number of hydrazone groups is 1. The van der Waals surface area contributed by atoms with Crippen LogP contribution in [0.4, 0.5) is 0 Å². The number of nitrogens with one attached hydrogen (secondary N) is 1. The molecule has 5 nitrogen and oxygen atoms in total. The molecule has 0 bridgehead atoms. The molecule has 0 aliphatic rings. The van der Waals surface area contributed by atoms with Crippen molar-refractivity contribution in [3.63, 3.8) is 0 Å².